The van der Waals surface area contributed by atoms with Crippen LogP contribution in [-0.4, -0.2) is 64.5 Å². The maximum atomic E-state index is 14.2. The highest BCUT2D eigenvalue weighted by Gasteiger charge is 2.37. The lowest BCUT2D eigenvalue weighted by Gasteiger charge is -2.32. The first-order valence-corrected chi connectivity index (χ1v) is 13.5. The molecule has 0 aromatic heterocycles. The zero-order chi connectivity index (χ0) is 31.2. The number of hydrogen-bond donors (Lipinski definition) is 4. The highest BCUT2D eigenvalue weighted by atomic mass is 19.4. The van der Waals surface area contributed by atoms with Crippen LogP contribution >= 0.6 is 0 Å². The number of phenols is 1. The fourth-order valence-corrected chi connectivity index (χ4v) is 4.85. The van der Waals surface area contributed by atoms with E-state index < -0.39 is 54.2 Å². The molecule has 13 heteroatoms. The number of piperidine rings is 1. The molecular formula is C29H35F3N4O6. The number of carbonyl (C=O) groups excluding carboxylic acids is 2. The molecular weight excluding hydrogens is 557 g/mol. The van der Waals surface area contributed by atoms with E-state index >= 15 is 0 Å². The first-order chi connectivity index (χ1) is 19.6. The van der Waals surface area contributed by atoms with Gasteiger partial charge in [0.1, 0.15) is 23.4 Å². The van der Waals surface area contributed by atoms with Crippen LogP contribution in [0.2, 0.25) is 0 Å². The largest absolute Gasteiger partial charge is 0.508 e. The van der Waals surface area contributed by atoms with Crippen LogP contribution in [-0.2, 0) is 27.0 Å². The number of carboxylic acids is 1. The van der Waals surface area contributed by atoms with Crippen molar-refractivity contribution in [3.05, 3.63) is 53.1 Å². The summed E-state index contributed by atoms with van der Waals surface area (Å²) in [6.07, 6.45) is -5.34. The first-order valence-electron chi connectivity index (χ1n) is 13.5. The first kappa shape index (κ1) is 32.2. The van der Waals surface area contributed by atoms with Gasteiger partial charge in [-0.1, -0.05) is 6.92 Å². The normalized spacial score (nSPS) is 14.7. The predicted octanol–water partition coefficient (Wildman–Crippen LogP) is 4.16. The molecule has 2 amide bonds. The van der Waals surface area contributed by atoms with Crippen molar-refractivity contribution in [1.29, 1.82) is 5.41 Å². The van der Waals surface area contributed by atoms with Crippen molar-refractivity contribution in [3.8, 4) is 11.5 Å². The van der Waals surface area contributed by atoms with Gasteiger partial charge in [-0.15, -0.1) is 0 Å². The number of aromatic hydroxyl groups is 1. The number of aliphatic carboxylic acids is 1. The number of carboxylic acid groups (broad SMARTS) is 1. The number of ether oxygens (including phenoxy) is 1. The molecule has 228 valence electrons. The molecule has 0 aliphatic carbocycles. The summed E-state index contributed by atoms with van der Waals surface area (Å²) in [4.78, 5) is 38.5. The zero-order valence-corrected chi connectivity index (χ0v) is 23.4. The Balaban J connectivity index is 1.89. The standard InChI is InChI=1S/C29H35F3N4O6/c1-17(13-20-14-19(28(33)34)3-5-24(20)38)16-36(26(39)7-8-27(40)41)21-4-6-25(23(15-21)29(30,31)32)42-22-9-11-35(12-10-22)18(2)37/h3-6,14-15,17,22,38H,7-13,16H2,1-2H3,(H3,33,34)(H,40,41). The minimum atomic E-state index is -4.81. The number of carbonyl (C=O) groups is 3. The minimum Gasteiger partial charge on any atom is -0.508 e. The van der Waals surface area contributed by atoms with Crippen molar-refractivity contribution >= 4 is 29.3 Å². The number of nitrogens with one attached hydrogen (secondary N) is 1. The van der Waals surface area contributed by atoms with Crippen LogP contribution in [0.4, 0.5) is 18.9 Å². The number of likely N-dealkylation sites (tertiary alicyclic amines) is 1. The molecule has 0 spiro atoms. The second-order valence-corrected chi connectivity index (χ2v) is 10.5. The molecule has 42 heavy (non-hydrogen) atoms. The van der Waals surface area contributed by atoms with E-state index in [0.717, 1.165) is 17.0 Å². The molecule has 1 aliphatic rings. The van der Waals surface area contributed by atoms with E-state index in [0.29, 0.717) is 37.1 Å². The second-order valence-electron chi connectivity index (χ2n) is 10.5. The van der Waals surface area contributed by atoms with E-state index in [4.69, 9.17) is 21.0 Å². The van der Waals surface area contributed by atoms with Crippen molar-refractivity contribution in [2.75, 3.05) is 24.5 Å². The Bertz CT molecular complexity index is 1320. The molecule has 2 aromatic rings. The van der Waals surface area contributed by atoms with Gasteiger partial charge >= 0.3 is 12.1 Å². The molecule has 1 fully saturated rings. The van der Waals surface area contributed by atoms with Gasteiger partial charge in [0.25, 0.3) is 0 Å². The highest BCUT2D eigenvalue weighted by Crippen LogP contribution is 2.40. The fourth-order valence-electron chi connectivity index (χ4n) is 4.85. The Kier molecular flexibility index (Phi) is 10.4. The number of halogens is 3. The number of nitrogens with zero attached hydrogens (tertiary/aromatic N) is 2. The molecule has 1 atom stereocenters. The number of nitrogen functional groups attached to an aromatic ring is 1. The molecule has 1 saturated heterocycles. The van der Waals surface area contributed by atoms with Crippen LogP contribution in [0.25, 0.3) is 0 Å². The van der Waals surface area contributed by atoms with Gasteiger partial charge in [0, 0.05) is 57.1 Å². The SMILES string of the molecule is CC(=O)N1CCC(Oc2ccc(N(CC(C)Cc3cc(C(=N)N)ccc3O)C(=O)CCC(=O)O)cc2C(F)(F)F)CC1. The van der Waals surface area contributed by atoms with Gasteiger partial charge in [0.15, 0.2) is 0 Å². The quantitative estimate of drug-likeness (QED) is 0.225. The average molecular weight is 593 g/mol. The number of benzene rings is 2. The number of amidine groups is 1. The van der Waals surface area contributed by atoms with E-state index in [9.17, 15) is 32.7 Å². The van der Waals surface area contributed by atoms with Gasteiger partial charge in [-0.2, -0.15) is 13.2 Å². The Morgan fingerprint density at radius 2 is 1.81 bits per heavy atom. The summed E-state index contributed by atoms with van der Waals surface area (Å²) >= 11 is 0. The summed E-state index contributed by atoms with van der Waals surface area (Å²) in [5.41, 5.74) is 5.19. The lowest BCUT2D eigenvalue weighted by Crippen LogP contribution is -2.40. The van der Waals surface area contributed by atoms with Crippen LogP contribution < -0.4 is 15.4 Å². The van der Waals surface area contributed by atoms with Gasteiger partial charge in [0.05, 0.1) is 12.0 Å². The smallest absolute Gasteiger partial charge is 0.420 e. The van der Waals surface area contributed by atoms with Crippen molar-refractivity contribution in [2.24, 2.45) is 11.7 Å². The summed E-state index contributed by atoms with van der Waals surface area (Å²) in [6.45, 7) is 3.82. The maximum absolute atomic E-state index is 14.2. The molecule has 0 bridgehead atoms. The van der Waals surface area contributed by atoms with E-state index in [-0.39, 0.29) is 36.1 Å². The summed E-state index contributed by atoms with van der Waals surface area (Å²) in [6, 6.07) is 7.68. The number of nitrogens with two attached hydrogens (primary N) is 1. The summed E-state index contributed by atoms with van der Waals surface area (Å²) in [5.74, 6) is -3.08. The average Bonchev–Trinajstić information content (AvgIpc) is 2.91. The number of phenolic OH excluding ortho intramolecular Hbond substituents is 1. The number of amides is 2. The summed E-state index contributed by atoms with van der Waals surface area (Å²) in [7, 11) is 0. The number of hydrogen-bond acceptors (Lipinski definition) is 6. The van der Waals surface area contributed by atoms with Gasteiger partial charge in [0.2, 0.25) is 11.8 Å². The predicted molar refractivity (Wildman–Crippen MR) is 149 cm³/mol. The van der Waals surface area contributed by atoms with Crippen LogP contribution in [0.5, 0.6) is 11.5 Å². The van der Waals surface area contributed by atoms with Crippen LogP contribution in [0.15, 0.2) is 36.4 Å². The van der Waals surface area contributed by atoms with Crippen LogP contribution in [0.1, 0.15) is 56.2 Å². The zero-order valence-electron chi connectivity index (χ0n) is 23.4. The summed E-state index contributed by atoms with van der Waals surface area (Å²) < 4.78 is 48.3. The van der Waals surface area contributed by atoms with Crippen LogP contribution in [0, 0.1) is 11.3 Å². The Morgan fingerprint density at radius 1 is 1.14 bits per heavy atom. The molecule has 3 rings (SSSR count). The van der Waals surface area contributed by atoms with Gasteiger partial charge in [-0.3, -0.25) is 19.8 Å². The van der Waals surface area contributed by atoms with Crippen molar-refractivity contribution in [3.63, 3.8) is 0 Å². The third-order valence-corrected chi connectivity index (χ3v) is 7.07. The lowest BCUT2D eigenvalue weighted by molar-refractivity contribution is -0.139. The fraction of sp³-hybridized carbons (Fsp3) is 0.448. The number of alkyl halides is 3. The summed E-state index contributed by atoms with van der Waals surface area (Å²) in [5, 5.41) is 27.0. The van der Waals surface area contributed by atoms with E-state index in [1.54, 1.807) is 11.8 Å². The number of anilines is 1. The van der Waals surface area contributed by atoms with Gasteiger partial charge in [-0.25, -0.2) is 0 Å². The van der Waals surface area contributed by atoms with E-state index in [1.165, 1.54) is 31.2 Å². The van der Waals surface area contributed by atoms with Gasteiger partial charge in [-0.05, 0) is 54.3 Å². The molecule has 0 saturated carbocycles. The molecule has 1 heterocycles. The molecule has 2 aromatic carbocycles. The third kappa shape index (κ3) is 8.60. The molecule has 10 nitrogen and oxygen atoms in total. The molecule has 1 unspecified atom stereocenters. The number of rotatable bonds is 11. The second kappa shape index (κ2) is 13.6. The van der Waals surface area contributed by atoms with Crippen molar-refractivity contribution in [1.82, 2.24) is 4.90 Å². The molecule has 5 N–H and O–H groups in total. The Hall–Kier alpha value is -4.29. The highest BCUT2D eigenvalue weighted by molar-refractivity contribution is 5.96. The van der Waals surface area contributed by atoms with Crippen LogP contribution in [0.3, 0.4) is 0 Å². The monoisotopic (exact) mass is 592 g/mol. The lowest BCUT2D eigenvalue weighted by atomic mass is 9.97. The van der Waals surface area contributed by atoms with Crippen molar-refractivity contribution < 1.29 is 42.5 Å². The van der Waals surface area contributed by atoms with Crippen molar-refractivity contribution in [2.45, 2.75) is 58.2 Å². The third-order valence-electron chi connectivity index (χ3n) is 7.07. The Labute approximate surface area is 241 Å². The van der Waals surface area contributed by atoms with E-state index in [1.807, 2.05) is 0 Å². The van der Waals surface area contributed by atoms with E-state index in [2.05, 4.69) is 0 Å². The van der Waals surface area contributed by atoms with Gasteiger partial charge < -0.3 is 30.5 Å². The molecule has 0 radical (unpaired) electrons. The minimum absolute atomic E-state index is 0.0643. The molecule has 1 aliphatic heterocycles. The Morgan fingerprint density at radius 3 is 2.38 bits per heavy atom. The maximum Gasteiger partial charge on any atom is 0.420 e. The topological polar surface area (TPSA) is 157 Å².